The van der Waals surface area contributed by atoms with Crippen LogP contribution < -0.4 is 5.32 Å². The molecule has 5 heteroatoms. The van der Waals surface area contributed by atoms with Gasteiger partial charge in [0, 0.05) is 37.5 Å². The summed E-state index contributed by atoms with van der Waals surface area (Å²) in [6.07, 6.45) is 3.06. The summed E-state index contributed by atoms with van der Waals surface area (Å²) in [5.41, 5.74) is 0. The first-order valence-electron chi connectivity index (χ1n) is 8.07. The fraction of sp³-hybridized carbons (Fsp3) is 1.00. The standard InChI is InChI=1S/C15H32N2O2S/c1-5-7-14-12-17(15(11-16-14)13(3)4)8-10-20(18,19)9-6-2/h13-16H,5-12H2,1-4H3. The van der Waals surface area contributed by atoms with E-state index in [-0.39, 0.29) is 0 Å². The van der Waals surface area contributed by atoms with Gasteiger partial charge in [-0.2, -0.15) is 0 Å². The molecule has 1 aliphatic heterocycles. The molecule has 0 radical (unpaired) electrons. The number of nitrogens with zero attached hydrogens (tertiary/aromatic N) is 1. The Morgan fingerprint density at radius 1 is 1.20 bits per heavy atom. The molecular formula is C15H32N2O2S. The SMILES string of the molecule is CCCC1CN(CCS(=O)(=O)CCC)C(C(C)C)CN1. The molecule has 0 aliphatic carbocycles. The van der Waals surface area contributed by atoms with Crippen molar-refractivity contribution in [2.45, 2.75) is 59.0 Å². The molecule has 1 aliphatic rings. The Morgan fingerprint density at radius 2 is 1.90 bits per heavy atom. The van der Waals surface area contributed by atoms with E-state index in [9.17, 15) is 8.42 Å². The van der Waals surface area contributed by atoms with Crippen LogP contribution in [0.4, 0.5) is 0 Å². The Morgan fingerprint density at radius 3 is 2.45 bits per heavy atom. The summed E-state index contributed by atoms with van der Waals surface area (Å²) < 4.78 is 23.8. The number of rotatable bonds is 8. The molecule has 1 rings (SSSR count). The van der Waals surface area contributed by atoms with E-state index in [1.807, 2.05) is 6.92 Å². The summed E-state index contributed by atoms with van der Waals surface area (Å²) in [5, 5.41) is 3.61. The molecule has 2 unspecified atom stereocenters. The lowest BCUT2D eigenvalue weighted by Crippen LogP contribution is -2.58. The molecule has 2 atom stereocenters. The van der Waals surface area contributed by atoms with Crippen LogP contribution in [0.2, 0.25) is 0 Å². The zero-order valence-electron chi connectivity index (χ0n) is 13.6. The maximum Gasteiger partial charge on any atom is 0.151 e. The normalized spacial score (nSPS) is 25.2. The summed E-state index contributed by atoms with van der Waals surface area (Å²) in [6, 6.07) is 0.976. The van der Waals surface area contributed by atoms with Crippen LogP contribution >= 0.6 is 0 Å². The predicted molar refractivity (Wildman–Crippen MR) is 85.8 cm³/mol. The summed E-state index contributed by atoms with van der Waals surface area (Å²) in [6.45, 7) is 11.2. The average Bonchev–Trinajstić information content (AvgIpc) is 2.36. The molecule has 1 fully saturated rings. The third kappa shape index (κ3) is 5.70. The second-order valence-electron chi connectivity index (χ2n) is 6.35. The van der Waals surface area contributed by atoms with E-state index in [4.69, 9.17) is 0 Å². The van der Waals surface area contributed by atoms with E-state index < -0.39 is 9.84 Å². The molecular weight excluding hydrogens is 272 g/mol. The average molecular weight is 305 g/mol. The van der Waals surface area contributed by atoms with Gasteiger partial charge in [0.1, 0.15) is 0 Å². The monoisotopic (exact) mass is 304 g/mol. The van der Waals surface area contributed by atoms with E-state index in [1.54, 1.807) is 0 Å². The zero-order chi connectivity index (χ0) is 15.2. The van der Waals surface area contributed by atoms with Crippen LogP contribution in [-0.4, -0.2) is 56.5 Å². The molecule has 1 N–H and O–H groups in total. The first kappa shape index (κ1) is 17.9. The third-order valence-electron chi connectivity index (χ3n) is 4.15. The topological polar surface area (TPSA) is 49.4 Å². The van der Waals surface area contributed by atoms with Crippen molar-refractivity contribution >= 4 is 9.84 Å². The van der Waals surface area contributed by atoms with Gasteiger partial charge >= 0.3 is 0 Å². The van der Waals surface area contributed by atoms with E-state index in [0.717, 1.165) is 19.5 Å². The van der Waals surface area contributed by atoms with Crippen LogP contribution in [0.3, 0.4) is 0 Å². The highest BCUT2D eigenvalue weighted by Crippen LogP contribution is 2.17. The van der Waals surface area contributed by atoms with Gasteiger partial charge in [0.05, 0.1) is 5.75 Å². The molecule has 0 aromatic heterocycles. The van der Waals surface area contributed by atoms with E-state index in [0.29, 0.717) is 36.1 Å². The first-order chi connectivity index (χ1) is 9.39. The van der Waals surface area contributed by atoms with Gasteiger partial charge in [0.15, 0.2) is 9.84 Å². The van der Waals surface area contributed by atoms with E-state index in [2.05, 4.69) is 31.0 Å². The fourth-order valence-corrected chi connectivity index (χ4v) is 4.36. The maximum atomic E-state index is 11.9. The summed E-state index contributed by atoms with van der Waals surface area (Å²) in [5.74, 6) is 1.19. The number of nitrogens with one attached hydrogen (secondary N) is 1. The van der Waals surface area contributed by atoms with Crippen molar-refractivity contribution < 1.29 is 8.42 Å². The van der Waals surface area contributed by atoms with Gasteiger partial charge in [-0.15, -0.1) is 0 Å². The van der Waals surface area contributed by atoms with Crippen LogP contribution in [0.25, 0.3) is 0 Å². The Balaban J connectivity index is 2.60. The van der Waals surface area contributed by atoms with Gasteiger partial charge < -0.3 is 5.32 Å². The molecule has 1 heterocycles. The van der Waals surface area contributed by atoms with Crippen molar-refractivity contribution in [2.24, 2.45) is 5.92 Å². The smallest absolute Gasteiger partial charge is 0.151 e. The Bertz CT molecular complexity index is 368. The van der Waals surface area contributed by atoms with Gasteiger partial charge in [-0.1, -0.05) is 34.1 Å². The second kappa shape index (κ2) is 8.35. The lowest BCUT2D eigenvalue weighted by atomic mass is 9.97. The van der Waals surface area contributed by atoms with Gasteiger partial charge in [-0.05, 0) is 18.8 Å². The summed E-state index contributed by atoms with van der Waals surface area (Å²) in [4.78, 5) is 2.40. The fourth-order valence-electron chi connectivity index (χ4n) is 3.03. The molecule has 0 spiro atoms. The number of piperazine rings is 1. The van der Waals surface area contributed by atoms with Crippen molar-refractivity contribution in [3.63, 3.8) is 0 Å². The molecule has 0 saturated carbocycles. The molecule has 1 saturated heterocycles. The molecule has 20 heavy (non-hydrogen) atoms. The van der Waals surface area contributed by atoms with Gasteiger partial charge in [-0.25, -0.2) is 8.42 Å². The highest BCUT2D eigenvalue weighted by Gasteiger charge is 2.29. The van der Waals surface area contributed by atoms with E-state index >= 15 is 0 Å². The highest BCUT2D eigenvalue weighted by atomic mass is 32.2. The van der Waals surface area contributed by atoms with Crippen LogP contribution in [0.5, 0.6) is 0 Å². The van der Waals surface area contributed by atoms with Gasteiger partial charge in [-0.3, -0.25) is 4.90 Å². The maximum absolute atomic E-state index is 11.9. The minimum atomic E-state index is -2.87. The van der Waals surface area contributed by atoms with Crippen molar-refractivity contribution in [2.75, 3.05) is 31.1 Å². The van der Waals surface area contributed by atoms with Crippen LogP contribution in [0, 0.1) is 5.92 Å². The van der Waals surface area contributed by atoms with Crippen LogP contribution in [0.15, 0.2) is 0 Å². The molecule has 0 amide bonds. The highest BCUT2D eigenvalue weighted by molar-refractivity contribution is 7.91. The second-order valence-corrected chi connectivity index (χ2v) is 8.66. The largest absolute Gasteiger partial charge is 0.311 e. The van der Waals surface area contributed by atoms with Crippen LogP contribution in [-0.2, 0) is 9.84 Å². The quantitative estimate of drug-likeness (QED) is 0.744. The number of sulfone groups is 1. The van der Waals surface area contributed by atoms with Crippen molar-refractivity contribution in [1.82, 2.24) is 10.2 Å². The zero-order valence-corrected chi connectivity index (χ0v) is 14.4. The lowest BCUT2D eigenvalue weighted by molar-refractivity contribution is 0.102. The number of hydrogen-bond donors (Lipinski definition) is 1. The third-order valence-corrected chi connectivity index (χ3v) is 5.99. The van der Waals surface area contributed by atoms with Crippen molar-refractivity contribution in [3.8, 4) is 0 Å². The predicted octanol–water partition coefficient (Wildman–Crippen LogP) is 1.91. The first-order valence-corrected chi connectivity index (χ1v) is 9.89. The van der Waals surface area contributed by atoms with Crippen molar-refractivity contribution in [3.05, 3.63) is 0 Å². The van der Waals surface area contributed by atoms with Crippen LogP contribution in [0.1, 0.15) is 47.0 Å². The molecule has 0 bridgehead atoms. The molecule has 0 aromatic carbocycles. The Hall–Kier alpha value is -0.130. The van der Waals surface area contributed by atoms with Gasteiger partial charge in [0.25, 0.3) is 0 Å². The summed E-state index contributed by atoms with van der Waals surface area (Å²) in [7, 11) is -2.87. The minimum absolute atomic E-state index is 0.308. The molecule has 120 valence electrons. The molecule has 0 aromatic rings. The Labute approximate surface area is 125 Å². The number of hydrogen-bond acceptors (Lipinski definition) is 4. The van der Waals surface area contributed by atoms with E-state index in [1.165, 1.54) is 12.8 Å². The minimum Gasteiger partial charge on any atom is -0.311 e. The summed E-state index contributed by atoms with van der Waals surface area (Å²) >= 11 is 0. The van der Waals surface area contributed by atoms with Crippen molar-refractivity contribution in [1.29, 1.82) is 0 Å². The Kier molecular flexibility index (Phi) is 7.48. The van der Waals surface area contributed by atoms with Gasteiger partial charge in [0.2, 0.25) is 0 Å². The lowest BCUT2D eigenvalue weighted by Gasteiger charge is -2.42. The molecule has 4 nitrogen and oxygen atoms in total.